The van der Waals surface area contributed by atoms with Gasteiger partial charge in [0, 0.05) is 24.7 Å². The Hall–Kier alpha value is -2.66. The minimum absolute atomic E-state index is 0.0398. The number of amides is 1. The van der Waals surface area contributed by atoms with Crippen molar-refractivity contribution >= 4 is 35.1 Å². The molecule has 29 heavy (non-hydrogen) atoms. The predicted molar refractivity (Wildman–Crippen MR) is 102 cm³/mol. The molecule has 3 aromatic heterocycles. The molecule has 1 atom stereocenters. The van der Waals surface area contributed by atoms with Crippen molar-refractivity contribution in [2.75, 3.05) is 5.32 Å². The zero-order valence-electron chi connectivity index (χ0n) is 15.1. The van der Waals surface area contributed by atoms with Gasteiger partial charge in [0.1, 0.15) is 17.8 Å². The Morgan fingerprint density at radius 1 is 1.31 bits per heavy atom. The van der Waals surface area contributed by atoms with E-state index in [1.54, 1.807) is 23.0 Å². The lowest BCUT2D eigenvalue weighted by Gasteiger charge is -2.13. The number of hydrogen-bond acceptors (Lipinski definition) is 6. The van der Waals surface area contributed by atoms with Gasteiger partial charge in [-0.2, -0.15) is 13.2 Å². The first-order valence-electron chi connectivity index (χ1n) is 8.16. The van der Waals surface area contributed by atoms with Crippen molar-refractivity contribution in [1.82, 2.24) is 24.7 Å². The van der Waals surface area contributed by atoms with Gasteiger partial charge in [-0.25, -0.2) is 9.97 Å². The Balaban J connectivity index is 1.76. The standard InChI is InChI=1S/C17H14ClF3N6OS/c1-9(29-16-26-24-8-27(16)2)10-3-4-22-14(5-10)25-15(28)13-6-11(17(19,20)21)12(18)7-23-13/h3-9H,1-2H3,(H,22,25,28)/t9-/m0/s1. The molecule has 1 N–H and O–H groups in total. The minimum atomic E-state index is -4.69. The molecule has 152 valence electrons. The van der Waals surface area contributed by atoms with Crippen LogP contribution in [0, 0.1) is 0 Å². The van der Waals surface area contributed by atoms with E-state index in [9.17, 15) is 18.0 Å². The zero-order chi connectivity index (χ0) is 21.2. The number of aryl methyl sites for hydroxylation is 1. The summed E-state index contributed by atoms with van der Waals surface area (Å²) in [4.78, 5) is 20.0. The first-order chi connectivity index (χ1) is 13.6. The quantitative estimate of drug-likeness (QED) is 0.590. The van der Waals surface area contributed by atoms with Gasteiger partial charge >= 0.3 is 6.18 Å². The van der Waals surface area contributed by atoms with Crippen LogP contribution in [0.15, 0.2) is 42.1 Å². The molecule has 3 rings (SSSR count). The summed E-state index contributed by atoms with van der Waals surface area (Å²) in [5, 5.41) is 10.4. The second-order valence-electron chi connectivity index (χ2n) is 5.96. The number of thioether (sulfide) groups is 1. The number of pyridine rings is 2. The van der Waals surface area contributed by atoms with E-state index in [1.165, 1.54) is 18.0 Å². The Morgan fingerprint density at radius 3 is 2.72 bits per heavy atom. The highest BCUT2D eigenvalue weighted by atomic mass is 35.5. The van der Waals surface area contributed by atoms with Crippen LogP contribution in [-0.4, -0.2) is 30.6 Å². The van der Waals surface area contributed by atoms with Crippen LogP contribution < -0.4 is 5.32 Å². The van der Waals surface area contributed by atoms with Gasteiger partial charge in [0.05, 0.1) is 10.6 Å². The van der Waals surface area contributed by atoms with E-state index >= 15 is 0 Å². The molecule has 0 spiro atoms. The molecule has 1 amide bonds. The van der Waals surface area contributed by atoms with E-state index in [-0.39, 0.29) is 11.1 Å². The van der Waals surface area contributed by atoms with E-state index < -0.39 is 28.4 Å². The topological polar surface area (TPSA) is 85.6 Å². The summed E-state index contributed by atoms with van der Waals surface area (Å²) in [6.45, 7) is 1.94. The third-order valence-electron chi connectivity index (χ3n) is 3.84. The Labute approximate surface area is 172 Å². The molecule has 0 aliphatic heterocycles. The van der Waals surface area contributed by atoms with Crippen LogP contribution in [0.1, 0.15) is 33.8 Å². The van der Waals surface area contributed by atoms with Gasteiger partial charge < -0.3 is 9.88 Å². The summed E-state index contributed by atoms with van der Waals surface area (Å²) in [5.74, 6) is -0.645. The molecule has 12 heteroatoms. The summed E-state index contributed by atoms with van der Waals surface area (Å²) < 4.78 is 40.7. The molecule has 0 aliphatic rings. The van der Waals surface area contributed by atoms with E-state index in [0.717, 1.165) is 11.8 Å². The Kier molecular flexibility index (Phi) is 6.08. The number of anilines is 1. The van der Waals surface area contributed by atoms with Crippen LogP contribution in [-0.2, 0) is 13.2 Å². The second kappa shape index (κ2) is 8.37. The average molecular weight is 443 g/mol. The number of nitrogens with one attached hydrogen (secondary N) is 1. The molecule has 0 saturated carbocycles. The fourth-order valence-electron chi connectivity index (χ4n) is 2.33. The van der Waals surface area contributed by atoms with Gasteiger partial charge in [-0.05, 0) is 30.7 Å². The van der Waals surface area contributed by atoms with Crippen molar-refractivity contribution in [3.63, 3.8) is 0 Å². The highest BCUT2D eigenvalue weighted by Gasteiger charge is 2.34. The first-order valence-corrected chi connectivity index (χ1v) is 9.41. The maximum Gasteiger partial charge on any atom is 0.417 e. The van der Waals surface area contributed by atoms with Crippen LogP contribution in [0.5, 0.6) is 0 Å². The molecule has 3 heterocycles. The lowest BCUT2D eigenvalue weighted by Crippen LogP contribution is -2.17. The van der Waals surface area contributed by atoms with E-state index in [1.807, 2.05) is 14.0 Å². The molecular formula is C17H14ClF3N6OS. The SMILES string of the molecule is C[C@H](Sc1nncn1C)c1ccnc(NC(=O)c2cc(C(F)(F)F)c(Cl)cn2)c1. The lowest BCUT2D eigenvalue weighted by atomic mass is 10.2. The van der Waals surface area contributed by atoms with Crippen molar-refractivity contribution in [3.8, 4) is 0 Å². The number of carbonyl (C=O) groups excluding carboxylic acids is 1. The minimum Gasteiger partial charge on any atom is -0.312 e. The maximum absolute atomic E-state index is 13.0. The van der Waals surface area contributed by atoms with Crippen LogP contribution in [0.25, 0.3) is 0 Å². The van der Waals surface area contributed by atoms with Crippen LogP contribution in [0.3, 0.4) is 0 Å². The second-order valence-corrected chi connectivity index (χ2v) is 7.68. The van der Waals surface area contributed by atoms with Crippen molar-refractivity contribution in [2.45, 2.75) is 23.5 Å². The third-order valence-corrected chi connectivity index (χ3v) is 5.35. The summed E-state index contributed by atoms with van der Waals surface area (Å²) in [6.07, 6.45) is -0.820. The van der Waals surface area contributed by atoms with Crippen molar-refractivity contribution in [2.24, 2.45) is 7.05 Å². The Morgan fingerprint density at radius 2 is 2.07 bits per heavy atom. The van der Waals surface area contributed by atoms with Crippen molar-refractivity contribution in [3.05, 3.63) is 58.8 Å². The first kappa shape index (κ1) is 21.1. The zero-order valence-corrected chi connectivity index (χ0v) is 16.7. The highest BCUT2D eigenvalue weighted by Crippen LogP contribution is 2.35. The summed E-state index contributed by atoms with van der Waals surface area (Å²) in [5.41, 5.74) is -0.714. The van der Waals surface area contributed by atoms with Gasteiger partial charge in [-0.3, -0.25) is 4.79 Å². The largest absolute Gasteiger partial charge is 0.417 e. The van der Waals surface area contributed by atoms with E-state index in [4.69, 9.17) is 11.6 Å². The number of carbonyl (C=O) groups is 1. The summed E-state index contributed by atoms with van der Waals surface area (Å²) >= 11 is 6.99. The molecular weight excluding hydrogens is 429 g/mol. The molecule has 0 radical (unpaired) electrons. The van der Waals surface area contributed by atoms with Gasteiger partial charge in [-0.15, -0.1) is 10.2 Å². The molecule has 0 bridgehead atoms. The molecule has 0 aromatic carbocycles. The van der Waals surface area contributed by atoms with Crippen molar-refractivity contribution in [1.29, 1.82) is 0 Å². The summed E-state index contributed by atoms with van der Waals surface area (Å²) in [7, 11) is 1.82. The number of hydrogen-bond donors (Lipinski definition) is 1. The van der Waals surface area contributed by atoms with Gasteiger partial charge in [0.15, 0.2) is 5.16 Å². The molecule has 7 nitrogen and oxygen atoms in total. The number of halogens is 4. The smallest absolute Gasteiger partial charge is 0.312 e. The average Bonchev–Trinajstić information content (AvgIpc) is 3.06. The van der Waals surface area contributed by atoms with Crippen LogP contribution >= 0.6 is 23.4 Å². The van der Waals surface area contributed by atoms with Gasteiger partial charge in [0.25, 0.3) is 5.91 Å². The van der Waals surface area contributed by atoms with E-state index in [2.05, 4.69) is 25.5 Å². The summed E-state index contributed by atoms with van der Waals surface area (Å²) in [6, 6.07) is 4.01. The van der Waals surface area contributed by atoms with Gasteiger partial charge in [0.2, 0.25) is 0 Å². The number of aromatic nitrogens is 5. The predicted octanol–water partition coefficient (Wildman–Crippen LogP) is 4.38. The lowest BCUT2D eigenvalue weighted by molar-refractivity contribution is -0.137. The van der Waals surface area contributed by atoms with Crippen molar-refractivity contribution < 1.29 is 18.0 Å². The Bertz CT molecular complexity index is 1040. The molecule has 0 saturated heterocycles. The normalized spacial score (nSPS) is 12.6. The molecule has 0 aliphatic carbocycles. The monoisotopic (exact) mass is 442 g/mol. The number of alkyl halides is 3. The third kappa shape index (κ3) is 5.04. The molecule has 3 aromatic rings. The molecule has 0 fully saturated rings. The van der Waals surface area contributed by atoms with E-state index in [0.29, 0.717) is 11.2 Å². The highest BCUT2D eigenvalue weighted by molar-refractivity contribution is 7.99. The van der Waals surface area contributed by atoms with Crippen LogP contribution in [0.4, 0.5) is 19.0 Å². The van der Waals surface area contributed by atoms with Gasteiger partial charge in [-0.1, -0.05) is 23.4 Å². The number of nitrogens with zero attached hydrogens (tertiary/aromatic N) is 5. The molecule has 0 unspecified atom stereocenters. The van der Waals surface area contributed by atoms with Crippen LogP contribution in [0.2, 0.25) is 5.02 Å². The fraction of sp³-hybridized carbons (Fsp3) is 0.235. The number of rotatable bonds is 5. The fourth-order valence-corrected chi connectivity index (χ4v) is 3.45. The maximum atomic E-state index is 13.0.